The van der Waals surface area contributed by atoms with E-state index in [4.69, 9.17) is 5.11 Å². The summed E-state index contributed by atoms with van der Waals surface area (Å²) in [5.74, 6) is -1.84. The third-order valence-corrected chi connectivity index (χ3v) is 2.26. The normalized spacial score (nSPS) is 10.9. The molecule has 0 bridgehead atoms. The second-order valence-corrected chi connectivity index (χ2v) is 3.30. The van der Waals surface area contributed by atoms with Gasteiger partial charge >= 0.3 is 5.97 Å². The molecule has 0 amide bonds. The molecule has 0 aliphatic heterocycles. The molecule has 1 N–H and O–H groups in total. The molecule has 0 saturated carbocycles. The lowest BCUT2D eigenvalue weighted by molar-refractivity contribution is -0.133. The standard InChI is InChI=1S/C6H7F2N3O2S/c1-11-6(14-2-3(12)13)9-5(10-11)4(7)8/h4H,2H2,1H3,(H,12,13). The van der Waals surface area contributed by atoms with E-state index >= 15 is 0 Å². The number of thioether (sulfide) groups is 1. The van der Waals surface area contributed by atoms with E-state index in [-0.39, 0.29) is 10.9 Å². The summed E-state index contributed by atoms with van der Waals surface area (Å²) < 4.78 is 25.3. The summed E-state index contributed by atoms with van der Waals surface area (Å²) in [6, 6.07) is 0. The van der Waals surface area contributed by atoms with Gasteiger partial charge in [0.05, 0.1) is 5.75 Å². The van der Waals surface area contributed by atoms with Crippen LogP contribution in [0.25, 0.3) is 0 Å². The number of carboxylic acids is 1. The molecular formula is C6H7F2N3O2S. The van der Waals surface area contributed by atoms with Gasteiger partial charge < -0.3 is 5.11 Å². The molecule has 1 aromatic heterocycles. The molecule has 0 aliphatic carbocycles. The first kappa shape index (κ1) is 10.9. The number of carbonyl (C=O) groups is 1. The second kappa shape index (κ2) is 4.36. The Hall–Kier alpha value is -1.18. The number of hydrogen-bond donors (Lipinski definition) is 1. The highest BCUT2D eigenvalue weighted by atomic mass is 32.2. The first-order valence-corrected chi connectivity index (χ1v) is 4.53. The van der Waals surface area contributed by atoms with Crippen LogP contribution < -0.4 is 0 Å². The molecule has 0 atom stereocenters. The Morgan fingerprint density at radius 2 is 2.36 bits per heavy atom. The maximum atomic E-state index is 12.1. The van der Waals surface area contributed by atoms with E-state index in [0.29, 0.717) is 0 Å². The second-order valence-electron chi connectivity index (χ2n) is 2.36. The molecule has 0 radical (unpaired) electrons. The molecule has 0 aliphatic rings. The van der Waals surface area contributed by atoms with Crippen LogP contribution in [-0.4, -0.2) is 31.6 Å². The van der Waals surface area contributed by atoms with Crippen molar-refractivity contribution in [3.63, 3.8) is 0 Å². The topological polar surface area (TPSA) is 68.0 Å². The summed E-state index contributed by atoms with van der Waals surface area (Å²) in [4.78, 5) is 13.7. The SMILES string of the molecule is Cn1nc(C(F)F)nc1SCC(=O)O. The molecule has 1 heterocycles. The third-order valence-electron chi connectivity index (χ3n) is 1.26. The first-order valence-electron chi connectivity index (χ1n) is 3.54. The van der Waals surface area contributed by atoms with Crippen molar-refractivity contribution < 1.29 is 18.7 Å². The molecule has 0 fully saturated rings. The fourth-order valence-electron chi connectivity index (χ4n) is 0.734. The predicted octanol–water partition coefficient (Wildman–Crippen LogP) is 0.929. The van der Waals surface area contributed by atoms with Crippen molar-refractivity contribution in [2.24, 2.45) is 7.05 Å². The number of hydrogen-bond acceptors (Lipinski definition) is 4. The van der Waals surface area contributed by atoms with Crippen molar-refractivity contribution in [3.8, 4) is 0 Å². The Kier molecular flexibility index (Phi) is 3.39. The van der Waals surface area contributed by atoms with Crippen LogP contribution in [0.2, 0.25) is 0 Å². The van der Waals surface area contributed by atoms with Crippen LogP contribution in [0, 0.1) is 0 Å². The van der Waals surface area contributed by atoms with Crippen molar-refractivity contribution in [2.75, 3.05) is 5.75 Å². The van der Waals surface area contributed by atoms with Gasteiger partial charge in [0.25, 0.3) is 6.43 Å². The fourth-order valence-corrected chi connectivity index (χ4v) is 1.37. The minimum absolute atomic E-state index is 0.169. The van der Waals surface area contributed by atoms with Crippen LogP contribution in [0.1, 0.15) is 12.2 Å². The van der Waals surface area contributed by atoms with E-state index in [9.17, 15) is 13.6 Å². The summed E-state index contributed by atoms with van der Waals surface area (Å²) in [5, 5.41) is 12.0. The highest BCUT2D eigenvalue weighted by molar-refractivity contribution is 7.99. The molecule has 1 aromatic rings. The number of rotatable bonds is 4. The maximum absolute atomic E-state index is 12.1. The van der Waals surface area contributed by atoms with Crippen LogP contribution in [0.5, 0.6) is 0 Å². The van der Waals surface area contributed by atoms with Crippen molar-refractivity contribution in [1.82, 2.24) is 14.8 Å². The molecule has 0 unspecified atom stereocenters. The molecule has 0 spiro atoms. The Bertz CT molecular complexity index is 342. The van der Waals surface area contributed by atoms with E-state index in [2.05, 4.69) is 10.1 Å². The summed E-state index contributed by atoms with van der Waals surface area (Å²) in [6.45, 7) is 0. The molecular weight excluding hydrogens is 216 g/mol. The zero-order valence-electron chi connectivity index (χ0n) is 7.15. The minimum atomic E-state index is -2.74. The smallest absolute Gasteiger partial charge is 0.313 e. The van der Waals surface area contributed by atoms with Crippen molar-refractivity contribution in [2.45, 2.75) is 11.6 Å². The average Bonchev–Trinajstić information content (AvgIpc) is 2.43. The minimum Gasteiger partial charge on any atom is -0.481 e. The number of nitrogens with zero attached hydrogens (tertiary/aromatic N) is 3. The highest BCUT2D eigenvalue weighted by Crippen LogP contribution is 2.19. The third kappa shape index (κ3) is 2.66. The predicted molar refractivity (Wildman–Crippen MR) is 44.3 cm³/mol. The molecule has 14 heavy (non-hydrogen) atoms. The number of aromatic nitrogens is 3. The van der Waals surface area contributed by atoms with Gasteiger partial charge in [-0.15, -0.1) is 5.10 Å². The molecule has 1 rings (SSSR count). The average molecular weight is 223 g/mol. The van der Waals surface area contributed by atoms with Crippen LogP contribution in [0.4, 0.5) is 8.78 Å². The zero-order valence-corrected chi connectivity index (χ0v) is 7.96. The lowest BCUT2D eigenvalue weighted by Crippen LogP contribution is -2.00. The summed E-state index contributed by atoms with van der Waals surface area (Å²) in [7, 11) is 1.43. The van der Waals surface area contributed by atoms with Gasteiger partial charge in [0.15, 0.2) is 5.16 Å². The van der Waals surface area contributed by atoms with Gasteiger partial charge in [-0.1, -0.05) is 11.8 Å². The van der Waals surface area contributed by atoms with Gasteiger partial charge in [-0.2, -0.15) is 0 Å². The maximum Gasteiger partial charge on any atom is 0.313 e. The number of aryl methyl sites for hydroxylation is 1. The monoisotopic (exact) mass is 223 g/mol. The largest absolute Gasteiger partial charge is 0.481 e. The van der Waals surface area contributed by atoms with E-state index in [0.717, 1.165) is 16.4 Å². The van der Waals surface area contributed by atoms with E-state index in [1.165, 1.54) is 7.05 Å². The fraction of sp³-hybridized carbons (Fsp3) is 0.500. The number of aliphatic carboxylic acids is 1. The van der Waals surface area contributed by atoms with Gasteiger partial charge in [-0.05, 0) is 0 Å². The quantitative estimate of drug-likeness (QED) is 0.769. The number of alkyl halides is 2. The van der Waals surface area contributed by atoms with E-state index < -0.39 is 18.2 Å². The van der Waals surface area contributed by atoms with E-state index in [1.54, 1.807) is 0 Å². The Labute approximate surface area is 82.1 Å². The molecule has 78 valence electrons. The van der Waals surface area contributed by atoms with Crippen LogP contribution >= 0.6 is 11.8 Å². The molecule has 0 saturated heterocycles. The van der Waals surface area contributed by atoms with Gasteiger partial charge in [-0.25, -0.2) is 18.4 Å². The van der Waals surface area contributed by atoms with Crippen molar-refractivity contribution in [1.29, 1.82) is 0 Å². The van der Waals surface area contributed by atoms with Gasteiger partial charge in [-0.3, -0.25) is 4.79 Å². The lowest BCUT2D eigenvalue weighted by atomic mass is 10.7. The van der Waals surface area contributed by atoms with Crippen LogP contribution in [-0.2, 0) is 11.8 Å². The molecule has 8 heteroatoms. The highest BCUT2D eigenvalue weighted by Gasteiger charge is 2.16. The van der Waals surface area contributed by atoms with Gasteiger partial charge in [0.1, 0.15) is 0 Å². The molecule has 5 nitrogen and oxygen atoms in total. The lowest BCUT2D eigenvalue weighted by Gasteiger charge is -1.94. The first-order chi connectivity index (χ1) is 6.50. The van der Waals surface area contributed by atoms with Crippen molar-refractivity contribution in [3.05, 3.63) is 5.82 Å². The van der Waals surface area contributed by atoms with Crippen LogP contribution in [0.3, 0.4) is 0 Å². The summed E-state index contributed by atoms with van der Waals surface area (Å²) in [6.07, 6.45) is -2.74. The van der Waals surface area contributed by atoms with E-state index in [1.807, 2.05) is 0 Å². The number of carboxylic acid groups (broad SMARTS) is 1. The van der Waals surface area contributed by atoms with Gasteiger partial charge in [0, 0.05) is 7.05 Å². The van der Waals surface area contributed by atoms with Crippen molar-refractivity contribution >= 4 is 17.7 Å². The van der Waals surface area contributed by atoms with Gasteiger partial charge in [0.2, 0.25) is 5.82 Å². The Morgan fingerprint density at radius 3 is 2.79 bits per heavy atom. The Morgan fingerprint density at radius 1 is 1.71 bits per heavy atom. The molecule has 0 aromatic carbocycles. The van der Waals surface area contributed by atoms with Crippen LogP contribution in [0.15, 0.2) is 5.16 Å². The summed E-state index contributed by atoms with van der Waals surface area (Å²) >= 11 is 0.850. The summed E-state index contributed by atoms with van der Waals surface area (Å²) in [5.41, 5.74) is 0. The number of halogens is 2. The Balaban J connectivity index is 2.72. The zero-order chi connectivity index (χ0) is 10.7.